The second-order valence-electron chi connectivity index (χ2n) is 7.32. The monoisotopic (exact) mass is 429 g/mol. The van der Waals surface area contributed by atoms with Crippen LogP contribution in [0.5, 0.6) is 0 Å². The summed E-state index contributed by atoms with van der Waals surface area (Å²) >= 11 is 0. The molecule has 0 aliphatic carbocycles. The minimum atomic E-state index is -0.905. The van der Waals surface area contributed by atoms with Gasteiger partial charge >= 0.3 is 5.97 Å². The molecule has 0 saturated carbocycles. The first-order valence-corrected chi connectivity index (χ1v) is 10.4. The van der Waals surface area contributed by atoms with Gasteiger partial charge in [-0.1, -0.05) is 0 Å². The molecule has 2 amide bonds. The van der Waals surface area contributed by atoms with Crippen molar-refractivity contribution >= 4 is 24.1 Å². The van der Waals surface area contributed by atoms with E-state index in [1.807, 2.05) is 0 Å². The summed E-state index contributed by atoms with van der Waals surface area (Å²) in [6.07, 6.45) is 2.51. The number of aliphatic carboxylic acids is 1. The SMILES string of the molecule is CC(C=O)N(C)C(=O)CCC(=O)N(CCOCCOCCC(=O)O)C1CCNCC1. The number of carbonyl (C=O) groups is 4. The summed E-state index contributed by atoms with van der Waals surface area (Å²) in [6.45, 7) is 4.84. The van der Waals surface area contributed by atoms with Crippen molar-refractivity contribution in [3.8, 4) is 0 Å². The van der Waals surface area contributed by atoms with Crippen molar-refractivity contribution in [2.24, 2.45) is 0 Å². The van der Waals surface area contributed by atoms with Crippen LogP contribution in [-0.4, -0.2) is 104 Å². The quantitative estimate of drug-likeness (QED) is 0.273. The molecule has 172 valence electrons. The summed E-state index contributed by atoms with van der Waals surface area (Å²) in [5, 5.41) is 11.8. The van der Waals surface area contributed by atoms with Crippen molar-refractivity contribution in [3.63, 3.8) is 0 Å². The maximum atomic E-state index is 12.8. The maximum Gasteiger partial charge on any atom is 0.305 e. The van der Waals surface area contributed by atoms with E-state index in [2.05, 4.69) is 5.32 Å². The molecular formula is C20H35N3O7. The lowest BCUT2D eigenvalue weighted by atomic mass is 10.0. The molecule has 1 unspecified atom stereocenters. The van der Waals surface area contributed by atoms with E-state index in [1.54, 1.807) is 18.9 Å². The number of carbonyl (C=O) groups excluding carboxylic acids is 3. The third-order valence-electron chi connectivity index (χ3n) is 5.13. The standard InChI is InChI=1S/C20H35N3O7/c1-16(15-24)22(2)18(25)3-4-19(26)23(17-5-8-21-9-6-17)10-12-30-14-13-29-11-7-20(27)28/h15-17,21H,3-14H2,1-2H3,(H,27,28). The van der Waals surface area contributed by atoms with E-state index in [-0.39, 0.29) is 43.7 Å². The number of nitrogens with one attached hydrogen (secondary N) is 1. The Morgan fingerprint density at radius 2 is 1.63 bits per heavy atom. The molecule has 1 heterocycles. The van der Waals surface area contributed by atoms with Gasteiger partial charge in [0.1, 0.15) is 6.29 Å². The number of ether oxygens (including phenoxy) is 2. The predicted octanol–water partition coefficient (Wildman–Crippen LogP) is -0.0991. The first kappa shape index (κ1) is 26.0. The Balaban J connectivity index is 2.43. The van der Waals surface area contributed by atoms with Crippen LogP contribution < -0.4 is 5.32 Å². The number of carboxylic acid groups (broad SMARTS) is 1. The largest absolute Gasteiger partial charge is 0.481 e. The summed E-state index contributed by atoms with van der Waals surface area (Å²) in [5.41, 5.74) is 0. The van der Waals surface area contributed by atoms with E-state index < -0.39 is 12.0 Å². The van der Waals surface area contributed by atoms with E-state index in [9.17, 15) is 19.2 Å². The van der Waals surface area contributed by atoms with Gasteiger partial charge in [-0.3, -0.25) is 14.4 Å². The van der Waals surface area contributed by atoms with Gasteiger partial charge in [-0.25, -0.2) is 0 Å². The molecule has 0 radical (unpaired) electrons. The summed E-state index contributed by atoms with van der Waals surface area (Å²) in [4.78, 5) is 49.4. The number of hydrogen-bond donors (Lipinski definition) is 2. The highest BCUT2D eigenvalue weighted by molar-refractivity contribution is 5.85. The topological polar surface area (TPSA) is 125 Å². The lowest BCUT2D eigenvalue weighted by Gasteiger charge is -2.35. The minimum Gasteiger partial charge on any atom is -0.481 e. The lowest BCUT2D eigenvalue weighted by molar-refractivity contribution is -0.140. The van der Waals surface area contributed by atoms with E-state index in [1.165, 1.54) is 4.90 Å². The maximum absolute atomic E-state index is 12.8. The Kier molecular flexibility index (Phi) is 12.9. The summed E-state index contributed by atoms with van der Waals surface area (Å²) in [7, 11) is 1.56. The third kappa shape index (κ3) is 10.1. The fourth-order valence-electron chi connectivity index (χ4n) is 3.13. The summed E-state index contributed by atoms with van der Waals surface area (Å²) < 4.78 is 10.7. The Labute approximate surface area is 177 Å². The second kappa shape index (κ2) is 14.9. The highest BCUT2D eigenvalue weighted by atomic mass is 16.5. The number of rotatable bonds is 15. The van der Waals surface area contributed by atoms with Gasteiger partial charge in [0.15, 0.2) is 0 Å². The van der Waals surface area contributed by atoms with E-state index in [4.69, 9.17) is 14.6 Å². The number of amides is 2. The van der Waals surface area contributed by atoms with Crippen molar-refractivity contribution < 1.29 is 33.8 Å². The van der Waals surface area contributed by atoms with Gasteiger partial charge in [0.2, 0.25) is 11.8 Å². The number of carboxylic acids is 1. The van der Waals surface area contributed by atoms with Crippen molar-refractivity contribution in [1.29, 1.82) is 0 Å². The van der Waals surface area contributed by atoms with Crippen LogP contribution in [0.1, 0.15) is 39.0 Å². The predicted molar refractivity (Wildman–Crippen MR) is 109 cm³/mol. The van der Waals surface area contributed by atoms with Crippen LogP contribution in [0.2, 0.25) is 0 Å². The molecule has 0 aromatic carbocycles. The first-order valence-electron chi connectivity index (χ1n) is 10.4. The highest BCUT2D eigenvalue weighted by Gasteiger charge is 2.26. The summed E-state index contributed by atoms with van der Waals surface area (Å²) in [5.74, 6) is -1.23. The van der Waals surface area contributed by atoms with Crippen LogP contribution in [0.25, 0.3) is 0 Å². The molecular weight excluding hydrogens is 394 g/mol. The first-order chi connectivity index (χ1) is 14.4. The van der Waals surface area contributed by atoms with E-state index >= 15 is 0 Å². The highest BCUT2D eigenvalue weighted by Crippen LogP contribution is 2.14. The molecule has 0 aromatic rings. The zero-order chi connectivity index (χ0) is 22.4. The van der Waals surface area contributed by atoms with Gasteiger partial charge in [-0.15, -0.1) is 0 Å². The van der Waals surface area contributed by atoms with Gasteiger partial charge in [0, 0.05) is 32.5 Å². The number of piperidine rings is 1. The molecule has 0 aromatic heterocycles. The van der Waals surface area contributed by atoms with E-state index in [0.29, 0.717) is 32.7 Å². The van der Waals surface area contributed by atoms with Crippen molar-refractivity contribution in [1.82, 2.24) is 15.1 Å². The van der Waals surface area contributed by atoms with Gasteiger partial charge < -0.3 is 34.5 Å². The molecule has 1 atom stereocenters. The normalized spacial score (nSPS) is 15.4. The average Bonchev–Trinajstić information content (AvgIpc) is 2.75. The zero-order valence-corrected chi connectivity index (χ0v) is 18.0. The van der Waals surface area contributed by atoms with Gasteiger partial charge in [0.25, 0.3) is 0 Å². The van der Waals surface area contributed by atoms with Crippen LogP contribution in [0.4, 0.5) is 0 Å². The fraction of sp³-hybridized carbons (Fsp3) is 0.800. The summed E-state index contributed by atoms with van der Waals surface area (Å²) in [6, 6.07) is -0.407. The Hall–Kier alpha value is -2.04. The minimum absolute atomic E-state index is 0.0441. The van der Waals surface area contributed by atoms with E-state index in [0.717, 1.165) is 25.9 Å². The number of likely N-dealkylation sites (N-methyl/N-ethyl adjacent to an activating group) is 1. The Morgan fingerprint density at radius 1 is 1.03 bits per heavy atom. The molecule has 2 N–H and O–H groups in total. The molecule has 0 spiro atoms. The second-order valence-corrected chi connectivity index (χ2v) is 7.32. The van der Waals surface area contributed by atoms with Crippen LogP contribution in [-0.2, 0) is 28.7 Å². The molecule has 10 nitrogen and oxygen atoms in total. The van der Waals surface area contributed by atoms with Crippen LogP contribution in [0, 0.1) is 0 Å². The number of hydrogen-bond acceptors (Lipinski definition) is 7. The van der Waals surface area contributed by atoms with Crippen LogP contribution in [0.15, 0.2) is 0 Å². The molecule has 1 saturated heterocycles. The molecule has 1 aliphatic heterocycles. The van der Waals surface area contributed by atoms with Crippen LogP contribution in [0.3, 0.4) is 0 Å². The molecule has 10 heteroatoms. The van der Waals surface area contributed by atoms with Crippen LogP contribution >= 0.6 is 0 Å². The molecule has 1 aliphatic rings. The molecule has 1 fully saturated rings. The smallest absolute Gasteiger partial charge is 0.305 e. The average molecular weight is 430 g/mol. The Morgan fingerprint density at radius 3 is 2.23 bits per heavy atom. The molecule has 0 bridgehead atoms. The van der Waals surface area contributed by atoms with Crippen molar-refractivity contribution in [2.75, 3.05) is 53.1 Å². The van der Waals surface area contributed by atoms with Crippen molar-refractivity contribution in [2.45, 2.75) is 51.1 Å². The lowest BCUT2D eigenvalue weighted by Crippen LogP contribution is -2.47. The number of aldehydes is 1. The van der Waals surface area contributed by atoms with Gasteiger partial charge in [0.05, 0.1) is 38.9 Å². The number of nitrogens with zero attached hydrogens (tertiary/aromatic N) is 2. The molecule has 1 rings (SSSR count). The van der Waals surface area contributed by atoms with Gasteiger partial charge in [-0.05, 0) is 32.9 Å². The Bertz CT molecular complexity index is 553. The molecule has 30 heavy (non-hydrogen) atoms. The zero-order valence-electron chi connectivity index (χ0n) is 18.0. The third-order valence-corrected chi connectivity index (χ3v) is 5.13. The van der Waals surface area contributed by atoms with Crippen molar-refractivity contribution in [3.05, 3.63) is 0 Å². The van der Waals surface area contributed by atoms with Gasteiger partial charge in [-0.2, -0.15) is 0 Å². The fourth-order valence-corrected chi connectivity index (χ4v) is 3.13.